The van der Waals surface area contributed by atoms with Gasteiger partial charge in [0.2, 0.25) is 0 Å². The van der Waals surface area contributed by atoms with E-state index in [1.807, 2.05) is 0 Å². The van der Waals surface area contributed by atoms with E-state index in [4.69, 9.17) is 4.74 Å². The van der Waals surface area contributed by atoms with Gasteiger partial charge in [-0.15, -0.1) is 0 Å². The van der Waals surface area contributed by atoms with Crippen LogP contribution in [0.25, 0.3) is 0 Å². The average molecular weight is 277 g/mol. The average Bonchev–Trinajstić information content (AvgIpc) is 3.26. The maximum absolute atomic E-state index is 6.30. The zero-order chi connectivity index (χ0) is 13.5. The van der Waals surface area contributed by atoms with E-state index in [0.29, 0.717) is 11.1 Å². The van der Waals surface area contributed by atoms with E-state index in [9.17, 15) is 0 Å². The predicted molar refractivity (Wildman–Crippen MR) is 81.8 cm³/mol. The van der Waals surface area contributed by atoms with Crippen LogP contribution in [-0.4, -0.2) is 24.3 Å². The third-order valence-electron chi connectivity index (χ3n) is 6.76. The zero-order valence-corrected chi connectivity index (χ0v) is 13.0. The Kier molecular flexibility index (Phi) is 3.58. The molecule has 2 saturated heterocycles. The number of rotatable bonds is 2. The Morgan fingerprint density at radius 3 is 2.40 bits per heavy atom. The second-order valence-corrected chi connectivity index (χ2v) is 7.98. The van der Waals surface area contributed by atoms with E-state index < -0.39 is 0 Å². The fourth-order valence-corrected chi connectivity index (χ4v) is 5.59. The van der Waals surface area contributed by atoms with Gasteiger partial charge in [-0.2, -0.15) is 0 Å². The van der Waals surface area contributed by atoms with E-state index in [1.165, 1.54) is 83.6 Å². The summed E-state index contributed by atoms with van der Waals surface area (Å²) >= 11 is 0. The molecule has 2 aliphatic heterocycles. The standard InChI is InChI=1S/C18H31NO/c1-2-11-18(15-6-7-15,19-12-5-1)16-8-13-20-17(14-16)9-3-4-10-17/h15-16,19H,1-14H2. The van der Waals surface area contributed by atoms with Crippen LogP contribution in [0.15, 0.2) is 0 Å². The molecule has 2 heterocycles. The molecule has 2 aliphatic carbocycles. The molecule has 0 aromatic rings. The summed E-state index contributed by atoms with van der Waals surface area (Å²) in [6, 6.07) is 0. The molecule has 2 saturated carbocycles. The normalized spacial score (nSPS) is 41.7. The Morgan fingerprint density at radius 1 is 0.800 bits per heavy atom. The molecule has 0 bridgehead atoms. The molecule has 0 aromatic carbocycles. The van der Waals surface area contributed by atoms with Crippen molar-refractivity contribution in [1.29, 1.82) is 0 Å². The van der Waals surface area contributed by atoms with Gasteiger partial charge in [0, 0.05) is 12.1 Å². The first-order valence-electron chi connectivity index (χ1n) is 9.22. The molecule has 4 fully saturated rings. The molecule has 20 heavy (non-hydrogen) atoms. The van der Waals surface area contributed by atoms with Crippen LogP contribution in [0.3, 0.4) is 0 Å². The summed E-state index contributed by atoms with van der Waals surface area (Å²) in [4.78, 5) is 0. The van der Waals surface area contributed by atoms with Crippen LogP contribution < -0.4 is 5.32 Å². The highest BCUT2D eigenvalue weighted by Gasteiger charge is 2.53. The van der Waals surface area contributed by atoms with Crippen LogP contribution >= 0.6 is 0 Å². The molecular weight excluding hydrogens is 246 g/mol. The minimum absolute atomic E-state index is 0.290. The summed E-state index contributed by atoms with van der Waals surface area (Å²) < 4.78 is 6.30. The largest absolute Gasteiger partial charge is 0.375 e. The van der Waals surface area contributed by atoms with Crippen LogP contribution in [0.5, 0.6) is 0 Å². The lowest BCUT2D eigenvalue weighted by Gasteiger charge is -2.49. The highest BCUT2D eigenvalue weighted by Crippen LogP contribution is 2.53. The number of ether oxygens (including phenoxy) is 1. The van der Waals surface area contributed by atoms with Crippen LogP contribution in [0.1, 0.15) is 77.0 Å². The van der Waals surface area contributed by atoms with E-state index >= 15 is 0 Å². The van der Waals surface area contributed by atoms with Gasteiger partial charge >= 0.3 is 0 Å². The van der Waals surface area contributed by atoms with Gasteiger partial charge in [-0.3, -0.25) is 0 Å². The van der Waals surface area contributed by atoms with E-state index in [-0.39, 0.29) is 0 Å². The number of nitrogens with one attached hydrogen (secondary N) is 1. The van der Waals surface area contributed by atoms with Gasteiger partial charge in [-0.05, 0) is 69.7 Å². The van der Waals surface area contributed by atoms with Crippen LogP contribution in [0.4, 0.5) is 0 Å². The third-order valence-corrected chi connectivity index (χ3v) is 6.76. The van der Waals surface area contributed by atoms with Crippen molar-refractivity contribution in [3.8, 4) is 0 Å². The van der Waals surface area contributed by atoms with Crippen molar-refractivity contribution in [3.63, 3.8) is 0 Å². The van der Waals surface area contributed by atoms with Crippen LogP contribution in [0, 0.1) is 11.8 Å². The molecule has 0 radical (unpaired) electrons. The molecule has 4 rings (SSSR count). The van der Waals surface area contributed by atoms with Gasteiger partial charge < -0.3 is 10.1 Å². The summed E-state index contributed by atoms with van der Waals surface area (Å²) in [6.45, 7) is 2.29. The molecule has 4 aliphatic rings. The quantitative estimate of drug-likeness (QED) is 0.822. The maximum atomic E-state index is 6.30. The maximum Gasteiger partial charge on any atom is 0.0685 e. The van der Waals surface area contributed by atoms with Crippen molar-refractivity contribution < 1.29 is 4.74 Å². The van der Waals surface area contributed by atoms with Crippen molar-refractivity contribution in [2.24, 2.45) is 11.8 Å². The van der Waals surface area contributed by atoms with Gasteiger partial charge in [0.05, 0.1) is 5.60 Å². The first-order valence-corrected chi connectivity index (χ1v) is 9.22. The Bertz CT molecular complexity index is 335. The monoisotopic (exact) mass is 277 g/mol. The van der Waals surface area contributed by atoms with Crippen molar-refractivity contribution >= 4 is 0 Å². The van der Waals surface area contributed by atoms with E-state index in [0.717, 1.165) is 18.4 Å². The zero-order valence-electron chi connectivity index (χ0n) is 13.0. The Balaban J connectivity index is 1.56. The minimum Gasteiger partial charge on any atom is -0.375 e. The van der Waals surface area contributed by atoms with Crippen molar-refractivity contribution in [1.82, 2.24) is 5.32 Å². The highest BCUT2D eigenvalue weighted by atomic mass is 16.5. The molecule has 0 amide bonds. The van der Waals surface area contributed by atoms with Gasteiger partial charge in [-0.25, -0.2) is 0 Å². The first-order chi connectivity index (χ1) is 9.83. The highest BCUT2D eigenvalue weighted by molar-refractivity contribution is 5.08. The second-order valence-electron chi connectivity index (χ2n) is 7.98. The molecule has 0 aromatic heterocycles. The summed E-state index contributed by atoms with van der Waals surface area (Å²) in [5.74, 6) is 1.88. The third kappa shape index (κ3) is 2.33. The van der Waals surface area contributed by atoms with Gasteiger partial charge in [0.15, 0.2) is 0 Å². The Labute approximate surface area is 124 Å². The Morgan fingerprint density at radius 2 is 1.60 bits per heavy atom. The molecule has 2 nitrogen and oxygen atoms in total. The number of hydrogen-bond acceptors (Lipinski definition) is 2. The fraction of sp³-hybridized carbons (Fsp3) is 1.00. The molecule has 114 valence electrons. The lowest BCUT2D eigenvalue weighted by atomic mass is 9.68. The van der Waals surface area contributed by atoms with E-state index in [2.05, 4.69) is 5.32 Å². The van der Waals surface area contributed by atoms with Crippen molar-refractivity contribution in [3.05, 3.63) is 0 Å². The van der Waals surface area contributed by atoms with Crippen molar-refractivity contribution in [2.45, 2.75) is 88.2 Å². The molecule has 1 N–H and O–H groups in total. The summed E-state index contributed by atoms with van der Waals surface area (Å²) in [5.41, 5.74) is 0.786. The lowest BCUT2D eigenvalue weighted by molar-refractivity contribution is -0.111. The molecule has 2 unspecified atom stereocenters. The summed E-state index contributed by atoms with van der Waals surface area (Å²) in [7, 11) is 0. The molecular formula is C18H31NO. The minimum atomic E-state index is 0.290. The smallest absolute Gasteiger partial charge is 0.0685 e. The summed E-state index contributed by atoms with van der Waals surface area (Å²) in [6.07, 6.45) is 16.8. The van der Waals surface area contributed by atoms with Gasteiger partial charge in [0.25, 0.3) is 0 Å². The number of hydrogen-bond donors (Lipinski definition) is 1. The van der Waals surface area contributed by atoms with Gasteiger partial charge in [-0.1, -0.05) is 25.7 Å². The van der Waals surface area contributed by atoms with Crippen molar-refractivity contribution in [2.75, 3.05) is 13.2 Å². The van der Waals surface area contributed by atoms with Gasteiger partial charge in [0.1, 0.15) is 0 Å². The predicted octanol–water partition coefficient (Wildman–Crippen LogP) is 4.04. The second kappa shape index (κ2) is 5.28. The summed E-state index contributed by atoms with van der Waals surface area (Å²) in [5, 5.41) is 4.08. The lowest BCUT2D eigenvalue weighted by Crippen LogP contribution is -2.56. The molecule has 2 atom stereocenters. The Hall–Kier alpha value is -0.0800. The molecule has 1 spiro atoms. The molecule has 2 heteroatoms. The van der Waals surface area contributed by atoms with Crippen LogP contribution in [0.2, 0.25) is 0 Å². The first kappa shape index (κ1) is 13.6. The van der Waals surface area contributed by atoms with E-state index in [1.54, 1.807) is 0 Å². The topological polar surface area (TPSA) is 21.3 Å². The van der Waals surface area contributed by atoms with Crippen LogP contribution in [-0.2, 0) is 4.74 Å². The fourth-order valence-electron chi connectivity index (χ4n) is 5.59. The SMILES string of the molecule is C1CCNC(C2CC2)(C2CCOC3(CCCC3)C2)CC1.